The summed E-state index contributed by atoms with van der Waals surface area (Å²) in [5.41, 5.74) is 5.48. The van der Waals surface area contributed by atoms with Gasteiger partial charge in [0.15, 0.2) is 0 Å². The van der Waals surface area contributed by atoms with Gasteiger partial charge >= 0.3 is 0 Å². The number of nitrogens with two attached hydrogens (primary N) is 1. The first-order chi connectivity index (χ1) is 9.81. The molecule has 0 bridgehead atoms. The van der Waals surface area contributed by atoms with E-state index < -0.39 is 0 Å². The van der Waals surface area contributed by atoms with E-state index >= 15 is 0 Å². The van der Waals surface area contributed by atoms with Crippen molar-refractivity contribution in [1.82, 2.24) is 9.80 Å². The van der Waals surface area contributed by atoms with Gasteiger partial charge in [-0.2, -0.15) is 0 Å². The third-order valence-electron chi connectivity index (χ3n) is 4.77. The van der Waals surface area contributed by atoms with E-state index in [1.54, 1.807) is 0 Å². The first-order valence-corrected chi connectivity index (χ1v) is 8.53. The van der Waals surface area contributed by atoms with Crippen LogP contribution in [0.15, 0.2) is 0 Å². The van der Waals surface area contributed by atoms with Gasteiger partial charge in [-0.15, -0.1) is 0 Å². The fourth-order valence-electron chi connectivity index (χ4n) is 3.48. The Labute approximate surface area is 123 Å². The maximum absolute atomic E-state index is 12.2. The largest absolute Gasteiger partial charge is 0.341 e. The topological polar surface area (TPSA) is 49.6 Å². The fourth-order valence-corrected chi connectivity index (χ4v) is 3.48. The van der Waals surface area contributed by atoms with Gasteiger partial charge in [-0.05, 0) is 51.7 Å². The minimum atomic E-state index is 0.372. The molecule has 1 unspecified atom stereocenters. The number of piperidine rings is 1. The molecule has 4 nitrogen and oxygen atoms in total. The van der Waals surface area contributed by atoms with Crippen molar-refractivity contribution >= 4 is 5.91 Å². The van der Waals surface area contributed by atoms with Gasteiger partial charge in [-0.3, -0.25) is 9.69 Å². The molecule has 1 atom stereocenters. The Morgan fingerprint density at radius 2 is 1.75 bits per heavy atom. The lowest BCUT2D eigenvalue weighted by Crippen LogP contribution is -2.41. The summed E-state index contributed by atoms with van der Waals surface area (Å²) < 4.78 is 0. The molecule has 2 aliphatic heterocycles. The Morgan fingerprint density at radius 1 is 1.00 bits per heavy atom. The second kappa shape index (κ2) is 8.63. The molecule has 0 radical (unpaired) electrons. The molecule has 0 aromatic heterocycles. The summed E-state index contributed by atoms with van der Waals surface area (Å²) in [7, 11) is 0. The predicted octanol–water partition coefficient (Wildman–Crippen LogP) is 1.98. The number of likely N-dealkylation sites (tertiary alicyclic amines) is 2. The molecule has 0 aromatic carbocycles. The molecule has 0 aliphatic carbocycles. The Morgan fingerprint density at radius 3 is 2.50 bits per heavy atom. The van der Waals surface area contributed by atoms with Gasteiger partial charge in [0.25, 0.3) is 0 Å². The van der Waals surface area contributed by atoms with Crippen molar-refractivity contribution in [1.29, 1.82) is 0 Å². The smallest absolute Gasteiger partial charge is 0.222 e. The lowest BCUT2D eigenvalue weighted by atomic mass is 10.1. The van der Waals surface area contributed by atoms with Crippen LogP contribution in [0.25, 0.3) is 0 Å². The summed E-state index contributed by atoms with van der Waals surface area (Å²) in [5, 5.41) is 0. The van der Waals surface area contributed by atoms with Crippen molar-refractivity contribution in [3.05, 3.63) is 0 Å². The number of hydrogen-bond donors (Lipinski definition) is 1. The number of hydrogen-bond acceptors (Lipinski definition) is 3. The molecule has 20 heavy (non-hydrogen) atoms. The molecule has 4 heteroatoms. The zero-order chi connectivity index (χ0) is 14.2. The van der Waals surface area contributed by atoms with Gasteiger partial charge < -0.3 is 10.6 Å². The van der Waals surface area contributed by atoms with Crippen LogP contribution in [-0.4, -0.2) is 54.5 Å². The SMILES string of the molecule is NCCCCCCC(=O)N1CCC(N2CCCCC2)C1. The molecule has 0 spiro atoms. The van der Waals surface area contributed by atoms with E-state index in [1.165, 1.54) is 45.2 Å². The van der Waals surface area contributed by atoms with Crippen molar-refractivity contribution in [2.45, 2.75) is 63.8 Å². The molecule has 0 saturated carbocycles. The second-order valence-corrected chi connectivity index (χ2v) is 6.33. The summed E-state index contributed by atoms with van der Waals surface area (Å²) in [6.45, 7) is 5.21. The summed E-state index contributed by atoms with van der Waals surface area (Å²) >= 11 is 0. The van der Waals surface area contributed by atoms with Crippen LogP contribution in [0, 0.1) is 0 Å². The number of amides is 1. The minimum Gasteiger partial charge on any atom is -0.341 e. The fraction of sp³-hybridized carbons (Fsp3) is 0.938. The molecular weight excluding hydrogens is 250 g/mol. The summed E-state index contributed by atoms with van der Waals surface area (Å²) in [6, 6.07) is 0.636. The van der Waals surface area contributed by atoms with Gasteiger partial charge in [0.2, 0.25) is 5.91 Å². The zero-order valence-corrected chi connectivity index (χ0v) is 12.9. The number of unbranched alkanes of at least 4 members (excludes halogenated alkanes) is 3. The quantitative estimate of drug-likeness (QED) is 0.726. The average Bonchev–Trinajstić information content (AvgIpc) is 2.98. The number of nitrogens with zero attached hydrogens (tertiary/aromatic N) is 2. The molecule has 2 saturated heterocycles. The molecular formula is C16H31N3O. The van der Waals surface area contributed by atoms with Crippen molar-refractivity contribution in [3.63, 3.8) is 0 Å². The van der Waals surface area contributed by atoms with Crippen LogP contribution >= 0.6 is 0 Å². The first-order valence-electron chi connectivity index (χ1n) is 8.53. The van der Waals surface area contributed by atoms with Crippen LogP contribution in [0.3, 0.4) is 0 Å². The van der Waals surface area contributed by atoms with Crippen LogP contribution in [0.2, 0.25) is 0 Å². The molecule has 2 fully saturated rings. The molecule has 1 amide bonds. The second-order valence-electron chi connectivity index (χ2n) is 6.33. The zero-order valence-electron chi connectivity index (χ0n) is 12.9. The molecule has 2 rings (SSSR count). The summed E-state index contributed by atoms with van der Waals surface area (Å²) in [6.07, 6.45) is 10.4. The summed E-state index contributed by atoms with van der Waals surface area (Å²) in [4.78, 5) is 16.9. The number of rotatable bonds is 7. The van der Waals surface area contributed by atoms with E-state index in [-0.39, 0.29) is 0 Å². The lowest BCUT2D eigenvalue weighted by Gasteiger charge is -2.32. The molecule has 2 N–H and O–H groups in total. The first kappa shape index (κ1) is 15.8. The molecule has 116 valence electrons. The third-order valence-corrected chi connectivity index (χ3v) is 4.77. The third kappa shape index (κ3) is 4.74. The predicted molar refractivity (Wildman–Crippen MR) is 82.5 cm³/mol. The Kier molecular flexibility index (Phi) is 6.80. The monoisotopic (exact) mass is 281 g/mol. The highest BCUT2D eigenvalue weighted by Gasteiger charge is 2.30. The average molecular weight is 281 g/mol. The van der Waals surface area contributed by atoms with Crippen LogP contribution in [-0.2, 0) is 4.79 Å². The maximum Gasteiger partial charge on any atom is 0.222 e. The van der Waals surface area contributed by atoms with Gasteiger partial charge in [0.05, 0.1) is 0 Å². The van der Waals surface area contributed by atoms with Crippen LogP contribution in [0.5, 0.6) is 0 Å². The summed E-state index contributed by atoms with van der Waals surface area (Å²) in [5.74, 6) is 0.372. The highest BCUT2D eigenvalue weighted by Crippen LogP contribution is 2.21. The minimum absolute atomic E-state index is 0.372. The molecule has 2 aliphatic rings. The highest BCUT2D eigenvalue weighted by molar-refractivity contribution is 5.76. The Balaban J connectivity index is 1.62. The van der Waals surface area contributed by atoms with Crippen molar-refractivity contribution in [2.75, 3.05) is 32.7 Å². The van der Waals surface area contributed by atoms with E-state index in [0.29, 0.717) is 11.9 Å². The molecule has 0 aromatic rings. The van der Waals surface area contributed by atoms with Crippen molar-refractivity contribution in [2.24, 2.45) is 5.73 Å². The number of carbonyl (C=O) groups excluding carboxylic acids is 1. The van der Waals surface area contributed by atoms with Crippen molar-refractivity contribution < 1.29 is 4.79 Å². The van der Waals surface area contributed by atoms with Crippen LogP contribution < -0.4 is 5.73 Å². The number of carbonyl (C=O) groups is 1. The van der Waals surface area contributed by atoms with Gasteiger partial charge in [0.1, 0.15) is 0 Å². The van der Waals surface area contributed by atoms with E-state index in [0.717, 1.165) is 45.3 Å². The van der Waals surface area contributed by atoms with Gasteiger partial charge in [-0.25, -0.2) is 0 Å². The van der Waals surface area contributed by atoms with E-state index in [4.69, 9.17) is 5.73 Å². The maximum atomic E-state index is 12.2. The normalized spacial score (nSPS) is 24.2. The van der Waals surface area contributed by atoms with Crippen LogP contribution in [0.1, 0.15) is 57.8 Å². The standard InChI is InChI=1S/C16H31N3O/c17-10-5-2-1-4-8-16(20)19-13-9-15(14-19)18-11-6-3-7-12-18/h15H,1-14,17H2. The van der Waals surface area contributed by atoms with Crippen molar-refractivity contribution in [3.8, 4) is 0 Å². The van der Waals surface area contributed by atoms with E-state index in [1.807, 2.05) is 0 Å². The van der Waals surface area contributed by atoms with Crippen LogP contribution in [0.4, 0.5) is 0 Å². The van der Waals surface area contributed by atoms with Gasteiger partial charge in [0, 0.05) is 25.6 Å². The molecule has 2 heterocycles. The van der Waals surface area contributed by atoms with E-state index in [2.05, 4.69) is 9.80 Å². The van der Waals surface area contributed by atoms with E-state index in [9.17, 15) is 4.79 Å². The lowest BCUT2D eigenvalue weighted by molar-refractivity contribution is -0.130. The highest BCUT2D eigenvalue weighted by atomic mass is 16.2. The Bertz CT molecular complexity index is 289. The Hall–Kier alpha value is -0.610. The van der Waals surface area contributed by atoms with Gasteiger partial charge in [-0.1, -0.05) is 19.3 Å².